The minimum absolute atomic E-state index is 0.0521. The lowest BCUT2D eigenvalue weighted by Gasteiger charge is -2.32. The molecule has 1 heterocycles. The summed E-state index contributed by atoms with van der Waals surface area (Å²) in [5, 5.41) is 2.67. The number of Topliss-reactive ketones (excluding diaryl/α,β-unsaturated/α-hetero) is 1. The van der Waals surface area contributed by atoms with Gasteiger partial charge in [-0.05, 0) is 42.2 Å². The van der Waals surface area contributed by atoms with Gasteiger partial charge in [0.2, 0.25) is 0 Å². The van der Waals surface area contributed by atoms with E-state index < -0.39 is 11.5 Å². The number of pyridine rings is 1. The molecule has 7 heteroatoms. The van der Waals surface area contributed by atoms with E-state index in [2.05, 4.69) is 5.32 Å². The Labute approximate surface area is 169 Å². The van der Waals surface area contributed by atoms with E-state index in [1.807, 2.05) is 13.8 Å². The molecule has 3 rings (SSSR count). The summed E-state index contributed by atoms with van der Waals surface area (Å²) in [5.41, 5.74) is 0.876. The third-order valence-corrected chi connectivity index (χ3v) is 5.06. The van der Waals surface area contributed by atoms with Crippen LogP contribution < -0.4 is 15.6 Å². The van der Waals surface area contributed by atoms with Crippen molar-refractivity contribution >= 4 is 11.7 Å². The van der Waals surface area contributed by atoms with Gasteiger partial charge in [-0.2, -0.15) is 0 Å². The van der Waals surface area contributed by atoms with Gasteiger partial charge in [-0.1, -0.05) is 13.8 Å². The third-order valence-electron chi connectivity index (χ3n) is 5.06. The Kier molecular flexibility index (Phi) is 5.88. The number of hydrogen-bond acceptors (Lipinski definition) is 5. The molecule has 0 saturated carbocycles. The summed E-state index contributed by atoms with van der Waals surface area (Å²) in [6.07, 6.45) is 0.923. The lowest BCUT2D eigenvalue weighted by molar-refractivity contribution is 0.0908. The predicted molar refractivity (Wildman–Crippen MR) is 109 cm³/mol. The van der Waals surface area contributed by atoms with E-state index in [1.165, 1.54) is 17.7 Å². The van der Waals surface area contributed by atoms with Crippen LogP contribution in [-0.2, 0) is 11.2 Å². The molecule has 154 valence electrons. The highest BCUT2D eigenvalue weighted by atomic mass is 16.5. The largest absolute Gasteiger partial charge is 0.497 e. The Morgan fingerprint density at radius 2 is 1.83 bits per heavy atom. The average molecular weight is 398 g/mol. The molecule has 1 N–H and O–H groups in total. The van der Waals surface area contributed by atoms with Gasteiger partial charge in [0.15, 0.2) is 5.78 Å². The second-order valence-electron chi connectivity index (χ2n) is 7.95. The number of hydrogen-bond donors (Lipinski definition) is 1. The Morgan fingerprint density at radius 1 is 1.14 bits per heavy atom. The van der Waals surface area contributed by atoms with Crippen LogP contribution in [0.1, 0.15) is 46.7 Å². The summed E-state index contributed by atoms with van der Waals surface area (Å²) in [7, 11) is 3.09. The van der Waals surface area contributed by atoms with Gasteiger partial charge >= 0.3 is 0 Å². The van der Waals surface area contributed by atoms with E-state index in [4.69, 9.17) is 9.47 Å². The standard InChI is InChI=1S/C22H26N2O5/c1-22(2)12-18-16(19(25)13-22)11-17(20(26)23-9-10-28-3)21(27)24(18)14-5-7-15(29-4)8-6-14/h5-8,11H,9-10,12-13H2,1-4H3,(H,23,26). The van der Waals surface area contributed by atoms with Gasteiger partial charge in [0, 0.05) is 37.0 Å². The van der Waals surface area contributed by atoms with E-state index in [0.717, 1.165) is 0 Å². The summed E-state index contributed by atoms with van der Waals surface area (Å²) in [5.74, 6) is 0.0692. The number of carbonyl (C=O) groups excluding carboxylic acids is 2. The minimum atomic E-state index is -0.519. The number of ketones is 1. The quantitative estimate of drug-likeness (QED) is 0.755. The van der Waals surface area contributed by atoms with Crippen molar-refractivity contribution in [3.8, 4) is 11.4 Å². The Bertz CT molecular complexity index is 989. The van der Waals surface area contributed by atoms with Gasteiger partial charge in [-0.3, -0.25) is 19.0 Å². The fraction of sp³-hybridized carbons (Fsp3) is 0.409. The van der Waals surface area contributed by atoms with Crippen LogP contribution in [-0.4, -0.2) is 43.6 Å². The molecule has 2 aromatic rings. The maximum Gasteiger partial charge on any atom is 0.268 e. The molecule has 7 nitrogen and oxygen atoms in total. The first-order valence-corrected chi connectivity index (χ1v) is 9.51. The lowest BCUT2D eigenvalue weighted by Crippen LogP contribution is -2.39. The van der Waals surface area contributed by atoms with Crippen LogP contribution in [0.15, 0.2) is 35.1 Å². The zero-order chi connectivity index (χ0) is 21.2. The molecule has 0 unspecified atom stereocenters. The molecule has 0 fully saturated rings. The van der Waals surface area contributed by atoms with Gasteiger partial charge in [-0.15, -0.1) is 0 Å². The number of benzene rings is 1. The van der Waals surface area contributed by atoms with Gasteiger partial charge in [0.05, 0.1) is 13.7 Å². The number of amides is 1. The molecule has 1 aromatic carbocycles. The number of methoxy groups -OCH3 is 2. The van der Waals surface area contributed by atoms with Crippen LogP contribution in [0.3, 0.4) is 0 Å². The Morgan fingerprint density at radius 3 is 2.45 bits per heavy atom. The maximum atomic E-state index is 13.3. The van der Waals surface area contributed by atoms with E-state index in [9.17, 15) is 14.4 Å². The van der Waals surface area contributed by atoms with Crippen molar-refractivity contribution < 1.29 is 19.1 Å². The first kappa shape index (κ1) is 20.8. The van der Waals surface area contributed by atoms with Gasteiger partial charge in [0.25, 0.3) is 11.5 Å². The average Bonchev–Trinajstić information content (AvgIpc) is 2.67. The highest BCUT2D eigenvalue weighted by molar-refractivity contribution is 6.02. The lowest BCUT2D eigenvalue weighted by atomic mass is 9.75. The number of fused-ring (bicyclic) bond motifs is 1. The van der Waals surface area contributed by atoms with Gasteiger partial charge in [0.1, 0.15) is 11.3 Å². The van der Waals surface area contributed by atoms with Crippen LogP contribution in [0.2, 0.25) is 0 Å². The number of nitrogens with zero attached hydrogens (tertiary/aromatic N) is 1. The molecule has 29 heavy (non-hydrogen) atoms. The minimum Gasteiger partial charge on any atom is -0.497 e. The number of carbonyl (C=O) groups is 2. The molecule has 0 saturated heterocycles. The van der Waals surface area contributed by atoms with E-state index in [1.54, 1.807) is 31.4 Å². The molecule has 0 radical (unpaired) electrons. The second kappa shape index (κ2) is 8.21. The fourth-order valence-electron chi connectivity index (χ4n) is 3.64. The summed E-state index contributed by atoms with van der Waals surface area (Å²) in [6.45, 7) is 4.61. The van der Waals surface area contributed by atoms with Crippen molar-refractivity contribution in [2.45, 2.75) is 26.7 Å². The summed E-state index contributed by atoms with van der Waals surface area (Å²) in [6, 6.07) is 8.43. The number of rotatable bonds is 6. The van der Waals surface area contributed by atoms with Crippen LogP contribution >= 0.6 is 0 Å². The zero-order valence-corrected chi connectivity index (χ0v) is 17.2. The van der Waals surface area contributed by atoms with Crippen molar-refractivity contribution in [2.24, 2.45) is 5.41 Å². The highest BCUT2D eigenvalue weighted by Gasteiger charge is 2.35. The molecule has 1 aliphatic rings. The Balaban J connectivity index is 2.19. The maximum absolute atomic E-state index is 13.3. The predicted octanol–water partition coefficient (Wildman–Crippen LogP) is 2.38. The van der Waals surface area contributed by atoms with Gasteiger partial charge in [-0.25, -0.2) is 0 Å². The van der Waals surface area contributed by atoms with Crippen LogP contribution in [0, 0.1) is 5.41 Å². The highest BCUT2D eigenvalue weighted by Crippen LogP contribution is 2.35. The van der Waals surface area contributed by atoms with E-state index in [-0.39, 0.29) is 23.3 Å². The molecule has 0 bridgehead atoms. The van der Waals surface area contributed by atoms with E-state index in [0.29, 0.717) is 42.1 Å². The first-order chi connectivity index (χ1) is 13.8. The molecule has 1 aliphatic carbocycles. The number of nitrogens with one attached hydrogen (secondary N) is 1. The number of aromatic nitrogens is 1. The molecular weight excluding hydrogens is 372 g/mol. The van der Waals surface area contributed by atoms with Crippen LogP contribution in [0.25, 0.3) is 5.69 Å². The summed E-state index contributed by atoms with van der Waals surface area (Å²) in [4.78, 5) is 38.8. The zero-order valence-electron chi connectivity index (χ0n) is 17.2. The Hall–Kier alpha value is -2.93. The van der Waals surface area contributed by atoms with Gasteiger partial charge < -0.3 is 14.8 Å². The topological polar surface area (TPSA) is 86.6 Å². The molecule has 1 amide bonds. The van der Waals surface area contributed by atoms with Crippen LogP contribution in [0.5, 0.6) is 5.75 Å². The van der Waals surface area contributed by atoms with Crippen molar-refractivity contribution in [1.82, 2.24) is 9.88 Å². The number of ether oxygens (including phenoxy) is 2. The molecular formula is C22H26N2O5. The summed E-state index contributed by atoms with van der Waals surface area (Å²) < 4.78 is 11.6. The fourth-order valence-corrected chi connectivity index (χ4v) is 3.64. The van der Waals surface area contributed by atoms with Crippen molar-refractivity contribution in [2.75, 3.05) is 27.4 Å². The van der Waals surface area contributed by atoms with Crippen molar-refractivity contribution in [3.63, 3.8) is 0 Å². The molecule has 0 spiro atoms. The van der Waals surface area contributed by atoms with Crippen molar-refractivity contribution in [3.05, 3.63) is 57.5 Å². The SMILES string of the molecule is COCCNC(=O)c1cc2c(n(-c3ccc(OC)cc3)c1=O)CC(C)(C)CC2=O. The van der Waals surface area contributed by atoms with Crippen LogP contribution in [0.4, 0.5) is 0 Å². The normalized spacial score (nSPS) is 15.0. The third kappa shape index (κ3) is 4.24. The summed E-state index contributed by atoms with van der Waals surface area (Å²) >= 11 is 0. The second-order valence-corrected chi connectivity index (χ2v) is 7.95. The first-order valence-electron chi connectivity index (χ1n) is 9.51. The van der Waals surface area contributed by atoms with E-state index >= 15 is 0 Å². The molecule has 0 aliphatic heterocycles. The molecule has 1 aromatic heterocycles. The monoisotopic (exact) mass is 398 g/mol. The van der Waals surface area contributed by atoms with Crippen molar-refractivity contribution in [1.29, 1.82) is 0 Å². The smallest absolute Gasteiger partial charge is 0.268 e. The molecule has 0 atom stereocenters.